The summed E-state index contributed by atoms with van der Waals surface area (Å²) in [6.45, 7) is 3.43. The average molecular weight is 252 g/mol. The van der Waals surface area contributed by atoms with Gasteiger partial charge in [-0.15, -0.1) is 0 Å². The summed E-state index contributed by atoms with van der Waals surface area (Å²) in [7, 11) is 0. The molecule has 17 heavy (non-hydrogen) atoms. The summed E-state index contributed by atoms with van der Waals surface area (Å²) in [6, 6.07) is 4.67. The molecule has 1 unspecified atom stereocenters. The number of halogens is 1. The molecule has 1 atom stereocenters. The van der Waals surface area contributed by atoms with Crippen LogP contribution >= 0.6 is 12.2 Å². The molecule has 1 saturated heterocycles. The van der Waals surface area contributed by atoms with E-state index in [1.807, 2.05) is 4.57 Å². The van der Waals surface area contributed by atoms with Gasteiger partial charge in [-0.05, 0) is 43.8 Å². The van der Waals surface area contributed by atoms with Gasteiger partial charge >= 0.3 is 0 Å². The Kier molecular flexibility index (Phi) is 2.34. The van der Waals surface area contributed by atoms with E-state index < -0.39 is 0 Å². The molecule has 0 saturated carbocycles. The predicted molar refractivity (Wildman–Crippen MR) is 66.2 cm³/mol. The third-order valence-corrected chi connectivity index (χ3v) is 3.67. The molecule has 1 aromatic carbocycles. The van der Waals surface area contributed by atoms with E-state index >= 15 is 0 Å². The maximum atomic E-state index is 13.3. The van der Waals surface area contributed by atoms with Gasteiger partial charge in [0.25, 0.3) is 0 Å². The lowest BCUT2D eigenvalue weighted by Gasteiger charge is -2.24. The largest absolute Gasteiger partial charge is 0.379 e. The zero-order valence-electron chi connectivity index (χ0n) is 9.50. The minimum Gasteiger partial charge on any atom is -0.379 e. The fraction of sp³-hybridized carbons (Fsp3) is 0.417. The lowest BCUT2D eigenvalue weighted by Crippen LogP contribution is -2.30. The molecule has 90 valence electrons. The van der Waals surface area contributed by atoms with Crippen LogP contribution in [-0.2, 0) is 10.3 Å². The molecular weight excluding hydrogens is 239 g/mol. The van der Waals surface area contributed by atoms with E-state index in [1.165, 1.54) is 12.1 Å². The van der Waals surface area contributed by atoms with Crippen molar-refractivity contribution in [3.05, 3.63) is 28.8 Å². The standard InChI is InChI=1S/C12H13FN2OS/c1-12(4-5-16-7-12)15-10-6-8(13)2-3-9(10)14-11(15)17/h2-3,6H,4-5,7H2,1H3,(H,14,17). The summed E-state index contributed by atoms with van der Waals surface area (Å²) in [5.74, 6) is -0.247. The van der Waals surface area contributed by atoms with Crippen molar-refractivity contribution in [3.8, 4) is 0 Å². The molecule has 0 radical (unpaired) electrons. The van der Waals surface area contributed by atoms with Gasteiger partial charge in [-0.25, -0.2) is 4.39 Å². The highest BCUT2D eigenvalue weighted by Gasteiger charge is 2.33. The summed E-state index contributed by atoms with van der Waals surface area (Å²) < 4.78 is 21.4. The average Bonchev–Trinajstić information content (AvgIpc) is 2.82. The SMILES string of the molecule is CC1(n2c(=S)[nH]c3ccc(F)cc32)CCOC1. The monoisotopic (exact) mass is 252 g/mol. The topological polar surface area (TPSA) is 29.9 Å². The maximum absolute atomic E-state index is 13.3. The van der Waals surface area contributed by atoms with E-state index in [0.29, 0.717) is 11.4 Å². The highest BCUT2D eigenvalue weighted by molar-refractivity contribution is 7.71. The normalized spacial score (nSPS) is 24.6. The van der Waals surface area contributed by atoms with Crippen molar-refractivity contribution in [2.75, 3.05) is 13.2 Å². The van der Waals surface area contributed by atoms with Gasteiger partial charge in [0.1, 0.15) is 5.82 Å². The first kappa shape index (κ1) is 10.9. The third kappa shape index (κ3) is 1.61. The number of fused-ring (bicyclic) bond motifs is 1. The van der Waals surface area contributed by atoms with Crippen LogP contribution in [0.4, 0.5) is 4.39 Å². The van der Waals surface area contributed by atoms with Gasteiger partial charge in [0.2, 0.25) is 0 Å². The van der Waals surface area contributed by atoms with Crippen molar-refractivity contribution in [1.82, 2.24) is 9.55 Å². The molecule has 5 heteroatoms. The number of rotatable bonds is 1. The van der Waals surface area contributed by atoms with Crippen molar-refractivity contribution in [3.63, 3.8) is 0 Å². The number of aromatic nitrogens is 2. The van der Waals surface area contributed by atoms with Gasteiger partial charge in [-0.2, -0.15) is 0 Å². The van der Waals surface area contributed by atoms with Gasteiger partial charge in [0.15, 0.2) is 4.77 Å². The summed E-state index contributed by atoms with van der Waals surface area (Å²) in [6.07, 6.45) is 0.894. The number of hydrogen-bond donors (Lipinski definition) is 1. The number of nitrogens with one attached hydrogen (secondary N) is 1. The number of H-pyrrole nitrogens is 1. The summed E-state index contributed by atoms with van der Waals surface area (Å²) in [5.41, 5.74) is 1.50. The van der Waals surface area contributed by atoms with Crippen LogP contribution in [0.15, 0.2) is 18.2 Å². The van der Waals surface area contributed by atoms with Crippen LogP contribution < -0.4 is 0 Å². The first-order valence-corrected chi connectivity index (χ1v) is 5.99. The second-order valence-corrected chi connectivity index (χ2v) is 5.11. The van der Waals surface area contributed by atoms with Crippen LogP contribution in [0.5, 0.6) is 0 Å². The summed E-state index contributed by atoms with van der Waals surface area (Å²) >= 11 is 5.33. The Labute approximate surface area is 103 Å². The van der Waals surface area contributed by atoms with Gasteiger partial charge < -0.3 is 14.3 Å². The number of aromatic amines is 1. The minimum atomic E-state index is -0.247. The molecule has 3 nitrogen and oxygen atoms in total. The summed E-state index contributed by atoms with van der Waals surface area (Å²) in [5, 5.41) is 0. The Balaban J connectivity index is 2.31. The molecule has 2 aromatic rings. The fourth-order valence-electron chi connectivity index (χ4n) is 2.44. The molecule has 0 bridgehead atoms. The zero-order valence-corrected chi connectivity index (χ0v) is 10.3. The van der Waals surface area contributed by atoms with E-state index in [2.05, 4.69) is 11.9 Å². The Morgan fingerprint density at radius 2 is 2.35 bits per heavy atom. The summed E-state index contributed by atoms with van der Waals surface area (Å²) in [4.78, 5) is 3.11. The molecule has 1 fully saturated rings. The lowest BCUT2D eigenvalue weighted by atomic mass is 10.0. The van der Waals surface area contributed by atoms with Crippen LogP contribution in [0.3, 0.4) is 0 Å². The Hall–Kier alpha value is -1.20. The zero-order chi connectivity index (χ0) is 12.0. The number of hydrogen-bond acceptors (Lipinski definition) is 2. The minimum absolute atomic E-state index is 0.177. The smallest absolute Gasteiger partial charge is 0.178 e. The Morgan fingerprint density at radius 3 is 3.06 bits per heavy atom. The number of ether oxygens (including phenoxy) is 1. The molecule has 1 aliphatic rings. The molecule has 0 aliphatic carbocycles. The van der Waals surface area contributed by atoms with Crippen LogP contribution in [0.1, 0.15) is 13.3 Å². The van der Waals surface area contributed by atoms with Crippen molar-refractivity contribution in [2.45, 2.75) is 18.9 Å². The van der Waals surface area contributed by atoms with Crippen LogP contribution in [-0.4, -0.2) is 22.8 Å². The van der Waals surface area contributed by atoms with Gasteiger partial charge in [-0.3, -0.25) is 0 Å². The van der Waals surface area contributed by atoms with E-state index in [4.69, 9.17) is 17.0 Å². The molecule has 2 heterocycles. The van der Waals surface area contributed by atoms with Gasteiger partial charge in [-0.1, -0.05) is 0 Å². The van der Waals surface area contributed by atoms with Crippen molar-refractivity contribution in [2.24, 2.45) is 0 Å². The van der Waals surface area contributed by atoms with Gasteiger partial charge in [0.05, 0.1) is 23.2 Å². The Morgan fingerprint density at radius 1 is 1.53 bits per heavy atom. The second kappa shape index (κ2) is 3.65. The first-order chi connectivity index (χ1) is 8.10. The second-order valence-electron chi connectivity index (χ2n) is 4.73. The van der Waals surface area contributed by atoms with Crippen LogP contribution in [0.2, 0.25) is 0 Å². The van der Waals surface area contributed by atoms with E-state index in [9.17, 15) is 4.39 Å². The van der Waals surface area contributed by atoms with Crippen molar-refractivity contribution < 1.29 is 9.13 Å². The molecule has 1 aliphatic heterocycles. The van der Waals surface area contributed by atoms with E-state index in [-0.39, 0.29) is 11.4 Å². The predicted octanol–water partition coefficient (Wildman–Crippen LogP) is 2.97. The first-order valence-electron chi connectivity index (χ1n) is 5.59. The van der Waals surface area contributed by atoms with E-state index in [1.54, 1.807) is 6.07 Å². The number of imidazole rings is 1. The van der Waals surface area contributed by atoms with Gasteiger partial charge in [0, 0.05) is 6.61 Å². The molecular formula is C12H13FN2OS. The third-order valence-electron chi connectivity index (χ3n) is 3.38. The Bertz CT molecular complexity index is 625. The quantitative estimate of drug-likeness (QED) is 0.791. The molecule has 0 spiro atoms. The molecule has 3 rings (SSSR count). The molecule has 0 amide bonds. The van der Waals surface area contributed by atoms with Crippen molar-refractivity contribution in [1.29, 1.82) is 0 Å². The van der Waals surface area contributed by atoms with E-state index in [0.717, 1.165) is 24.1 Å². The highest BCUT2D eigenvalue weighted by Crippen LogP contribution is 2.31. The fourth-order valence-corrected chi connectivity index (χ4v) is 2.87. The lowest BCUT2D eigenvalue weighted by molar-refractivity contribution is 0.162. The molecule has 1 N–H and O–H groups in total. The molecule has 1 aromatic heterocycles. The highest BCUT2D eigenvalue weighted by atomic mass is 32.1. The van der Waals surface area contributed by atoms with Crippen molar-refractivity contribution >= 4 is 23.3 Å². The number of nitrogens with zero attached hydrogens (tertiary/aromatic N) is 1. The number of benzene rings is 1. The van der Waals surface area contributed by atoms with Crippen LogP contribution in [0, 0.1) is 10.6 Å². The van der Waals surface area contributed by atoms with Crippen LogP contribution in [0.25, 0.3) is 11.0 Å². The maximum Gasteiger partial charge on any atom is 0.178 e.